The lowest BCUT2D eigenvalue weighted by atomic mass is 9.89. The summed E-state index contributed by atoms with van der Waals surface area (Å²) in [5, 5.41) is 9.70. The van der Waals surface area contributed by atoms with Crippen LogP contribution in [0.5, 0.6) is 5.75 Å². The van der Waals surface area contributed by atoms with Gasteiger partial charge in [-0.2, -0.15) is 13.2 Å². The normalized spacial score (nSPS) is 19.2. The lowest BCUT2D eigenvalue weighted by Crippen LogP contribution is -2.40. The molecular weight excluding hydrogens is 443 g/mol. The third kappa shape index (κ3) is 5.57. The van der Waals surface area contributed by atoms with Crippen molar-refractivity contribution in [3.63, 3.8) is 0 Å². The first-order chi connectivity index (χ1) is 15.6. The van der Waals surface area contributed by atoms with Crippen molar-refractivity contribution in [2.45, 2.75) is 44.1 Å². The van der Waals surface area contributed by atoms with Gasteiger partial charge < -0.3 is 25.1 Å². The SMILES string of the molecule is CCOc1ccc(CC2(C(=O)O)CCCO2)cc1C(OC(N)=O)c1cccc(C(F)(F)F)c1. The molecule has 2 aromatic carbocycles. The lowest BCUT2D eigenvalue weighted by Gasteiger charge is -2.25. The summed E-state index contributed by atoms with van der Waals surface area (Å²) < 4.78 is 56.2. The van der Waals surface area contributed by atoms with Crippen LogP contribution in [0, 0.1) is 0 Å². The highest BCUT2D eigenvalue weighted by molar-refractivity contribution is 5.78. The van der Waals surface area contributed by atoms with Crippen LogP contribution >= 0.6 is 0 Å². The molecule has 33 heavy (non-hydrogen) atoms. The fourth-order valence-electron chi connectivity index (χ4n) is 3.92. The van der Waals surface area contributed by atoms with Crippen LogP contribution in [-0.2, 0) is 26.9 Å². The van der Waals surface area contributed by atoms with Crippen LogP contribution in [0.1, 0.15) is 48.1 Å². The minimum absolute atomic E-state index is 0.0214. The first-order valence-corrected chi connectivity index (χ1v) is 10.3. The number of halogens is 3. The largest absolute Gasteiger partial charge is 0.493 e. The molecule has 1 saturated heterocycles. The monoisotopic (exact) mass is 467 g/mol. The van der Waals surface area contributed by atoms with Gasteiger partial charge in [-0.25, -0.2) is 9.59 Å². The average molecular weight is 467 g/mol. The van der Waals surface area contributed by atoms with Gasteiger partial charge in [0.15, 0.2) is 11.7 Å². The van der Waals surface area contributed by atoms with E-state index in [0.717, 1.165) is 12.1 Å². The molecule has 0 spiro atoms. The standard InChI is InChI=1S/C23H24F3NO6/c1-2-31-18-8-7-14(13-22(20(28)29)9-4-10-32-22)11-17(18)19(33-21(27)30)15-5-3-6-16(12-15)23(24,25)26/h3,5-8,11-12,19H,2,4,9-10,13H2,1H3,(H2,27,30)(H,28,29). The first-order valence-electron chi connectivity index (χ1n) is 10.3. The summed E-state index contributed by atoms with van der Waals surface area (Å²) in [6, 6.07) is 9.10. The van der Waals surface area contributed by atoms with E-state index in [4.69, 9.17) is 19.9 Å². The third-order valence-corrected chi connectivity index (χ3v) is 5.39. The van der Waals surface area contributed by atoms with Gasteiger partial charge in [0.25, 0.3) is 0 Å². The van der Waals surface area contributed by atoms with Gasteiger partial charge in [-0.05, 0) is 55.2 Å². The summed E-state index contributed by atoms with van der Waals surface area (Å²) in [5.74, 6) is -0.833. The molecule has 2 aromatic rings. The average Bonchev–Trinajstić information content (AvgIpc) is 3.23. The van der Waals surface area contributed by atoms with Gasteiger partial charge in [-0.15, -0.1) is 0 Å². The zero-order chi connectivity index (χ0) is 24.2. The van der Waals surface area contributed by atoms with Gasteiger partial charge in [0.2, 0.25) is 0 Å². The summed E-state index contributed by atoms with van der Waals surface area (Å²) in [4.78, 5) is 23.5. The second-order valence-electron chi connectivity index (χ2n) is 7.67. The van der Waals surface area contributed by atoms with Gasteiger partial charge in [0.1, 0.15) is 5.75 Å². The van der Waals surface area contributed by atoms with Gasteiger partial charge in [-0.3, -0.25) is 0 Å². The van der Waals surface area contributed by atoms with Crippen LogP contribution in [-0.4, -0.2) is 36.0 Å². The number of nitrogens with two attached hydrogens (primary N) is 1. The number of carbonyl (C=O) groups excluding carboxylic acids is 1. The summed E-state index contributed by atoms with van der Waals surface area (Å²) in [5.41, 5.74) is 3.71. The molecule has 0 radical (unpaired) electrons. The number of carboxylic acid groups (broad SMARTS) is 1. The summed E-state index contributed by atoms with van der Waals surface area (Å²) in [6.07, 6.45) is -6.17. The van der Waals surface area contributed by atoms with Crippen molar-refractivity contribution in [3.8, 4) is 5.75 Å². The van der Waals surface area contributed by atoms with E-state index in [1.54, 1.807) is 25.1 Å². The molecule has 1 aliphatic heterocycles. The van der Waals surface area contributed by atoms with E-state index in [1.165, 1.54) is 12.1 Å². The summed E-state index contributed by atoms with van der Waals surface area (Å²) in [6.45, 7) is 2.27. The maximum atomic E-state index is 13.3. The van der Waals surface area contributed by atoms with Crippen molar-refractivity contribution in [2.24, 2.45) is 5.73 Å². The number of rotatable bonds is 8. The predicted molar refractivity (Wildman–Crippen MR) is 111 cm³/mol. The number of ether oxygens (including phenoxy) is 3. The van der Waals surface area contributed by atoms with Gasteiger partial charge in [0, 0.05) is 18.6 Å². The van der Waals surface area contributed by atoms with Gasteiger partial charge >= 0.3 is 18.2 Å². The topological polar surface area (TPSA) is 108 Å². The van der Waals surface area contributed by atoms with Crippen molar-refractivity contribution in [3.05, 3.63) is 64.7 Å². The van der Waals surface area contributed by atoms with E-state index >= 15 is 0 Å². The number of primary amides is 1. The molecule has 0 bridgehead atoms. The minimum Gasteiger partial charge on any atom is -0.493 e. The number of alkyl halides is 3. The molecule has 3 rings (SSSR count). The molecule has 10 heteroatoms. The Morgan fingerprint density at radius 2 is 2.00 bits per heavy atom. The van der Waals surface area contributed by atoms with Crippen molar-refractivity contribution in [1.82, 2.24) is 0 Å². The minimum atomic E-state index is -4.61. The van der Waals surface area contributed by atoms with Crippen molar-refractivity contribution >= 4 is 12.1 Å². The maximum absolute atomic E-state index is 13.3. The number of benzene rings is 2. The van der Waals surface area contributed by atoms with Gasteiger partial charge in [-0.1, -0.05) is 18.2 Å². The Bertz CT molecular complexity index is 1020. The van der Waals surface area contributed by atoms with Crippen LogP contribution in [0.4, 0.5) is 18.0 Å². The lowest BCUT2D eigenvalue weighted by molar-refractivity contribution is -0.159. The molecule has 1 aliphatic rings. The van der Waals surface area contributed by atoms with Crippen LogP contribution in [0.15, 0.2) is 42.5 Å². The number of amides is 1. The van der Waals surface area contributed by atoms with E-state index in [1.807, 2.05) is 0 Å². The smallest absolute Gasteiger partial charge is 0.416 e. The molecule has 0 aliphatic carbocycles. The highest BCUT2D eigenvalue weighted by atomic mass is 19.4. The highest BCUT2D eigenvalue weighted by Crippen LogP contribution is 2.38. The van der Waals surface area contributed by atoms with E-state index in [-0.39, 0.29) is 29.9 Å². The Morgan fingerprint density at radius 3 is 2.58 bits per heavy atom. The van der Waals surface area contributed by atoms with E-state index in [9.17, 15) is 27.9 Å². The second-order valence-corrected chi connectivity index (χ2v) is 7.67. The third-order valence-electron chi connectivity index (χ3n) is 5.39. The van der Waals surface area contributed by atoms with Crippen molar-refractivity contribution in [2.75, 3.05) is 13.2 Å². The van der Waals surface area contributed by atoms with Crippen LogP contribution in [0.2, 0.25) is 0 Å². The molecule has 1 heterocycles. The quantitative estimate of drug-likeness (QED) is 0.593. The summed E-state index contributed by atoms with van der Waals surface area (Å²) >= 11 is 0. The number of hydrogen-bond donors (Lipinski definition) is 2. The van der Waals surface area contributed by atoms with E-state index in [0.29, 0.717) is 25.0 Å². The Labute approximate surface area is 188 Å². The Morgan fingerprint density at radius 1 is 1.24 bits per heavy atom. The Balaban J connectivity index is 2.09. The van der Waals surface area contributed by atoms with Crippen LogP contribution < -0.4 is 10.5 Å². The predicted octanol–water partition coefficient (Wildman–Crippen LogP) is 4.47. The molecule has 3 N–H and O–H groups in total. The molecule has 1 amide bonds. The molecule has 7 nitrogen and oxygen atoms in total. The first kappa shape index (κ1) is 24.4. The number of carboxylic acids is 1. The molecule has 0 aromatic heterocycles. The zero-order valence-electron chi connectivity index (χ0n) is 17.9. The van der Waals surface area contributed by atoms with Crippen LogP contribution in [0.25, 0.3) is 0 Å². The number of carbonyl (C=O) groups is 2. The Kier molecular flexibility index (Phi) is 7.16. The molecule has 0 saturated carbocycles. The molecule has 2 atom stereocenters. The maximum Gasteiger partial charge on any atom is 0.416 e. The number of hydrogen-bond acceptors (Lipinski definition) is 5. The molecule has 2 unspecified atom stereocenters. The van der Waals surface area contributed by atoms with Crippen molar-refractivity contribution in [1.29, 1.82) is 0 Å². The van der Waals surface area contributed by atoms with Crippen LogP contribution in [0.3, 0.4) is 0 Å². The fraction of sp³-hybridized carbons (Fsp3) is 0.391. The van der Waals surface area contributed by atoms with Crippen molar-refractivity contribution < 1.29 is 42.1 Å². The fourth-order valence-corrected chi connectivity index (χ4v) is 3.92. The Hall–Kier alpha value is -3.27. The highest BCUT2D eigenvalue weighted by Gasteiger charge is 2.43. The molecular formula is C23H24F3NO6. The van der Waals surface area contributed by atoms with E-state index in [2.05, 4.69) is 0 Å². The second kappa shape index (κ2) is 9.70. The van der Waals surface area contributed by atoms with E-state index < -0.39 is 35.5 Å². The number of aliphatic carboxylic acids is 1. The molecule has 178 valence electrons. The van der Waals surface area contributed by atoms with Gasteiger partial charge in [0.05, 0.1) is 12.2 Å². The zero-order valence-corrected chi connectivity index (χ0v) is 17.9. The summed E-state index contributed by atoms with van der Waals surface area (Å²) in [7, 11) is 0. The molecule has 1 fully saturated rings.